The first-order valence-electron chi connectivity index (χ1n) is 13.8. The maximum Gasteiger partial charge on any atom is 0.308 e. The standard InChI is InChI=1S/C28H47NO5/c1-16(5-8-24(32)29-15-17(2)26(33)34)20-6-7-21-25-22(10-12-28(20,21)4)27(3)11-9-19(30)13-18(27)14-23(25)31/h16-23,25,30-31H,5-15H2,1-4H3,(H,29,32)(H,33,34)/t16?,17?,18-,19+,20?,21?,22?,23-,25?,27-,28+/m0/s1. The van der Waals surface area contributed by atoms with Gasteiger partial charge in [0.2, 0.25) is 5.91 Å². The van der Waals surface area contributed by atoms with E-state index >= 15 is 0 Å². The first-order valence-corrected chi connectivity index (χ1v) is 13.8. The van der Waals surface area contributed by atoms with Gasteiger partial charge in [0.25, 0.3) is 0 Å². The van der Waals surface area contributed by atoms with Gasteiger partial charge in [-0.25, -0.2) is 0 Å². The van der Waals surface area contributed by atoms with Crippen molar-refractivity contribution in [1.29, 1.82) is 0 Å². The van der Waals surface area contributed by atoms with E-state index in [9.17, 15) is 19.8 Å². The molecule has 34 heavy (non-hydrogen) atoms. The van der Waals surface area contributed by atoms with Gasteiger partial charge in [0.15, 0.2) is 0 Å². The molecule has 6 heteroatoms. The summed E-state index contributed by atoms with van der Waals surface area (Å²) in [5.41, 5.74) is 0.465. The smallest absolute Gasteiger partial charge is 0.308 e. The maximum absolute atomic E-state index is 12.3. The summed E-state index contributed by atoms with van der Waals surface area (Å²) in [5.74, 6) is 1.41. The van der Waals surface area contributed by atoms with Crippen LogP contribution in [0, 0.1) is 52.3 Å². The van der Waals surface area contributed by atoms with E-state index in [1.54, 1.807) is 6.92 Å². The van der Waals surface area contributed by atoms with E-state index in [1.165, 1.54) is 25.7 Å². The van der Waals surface area contributed by atoms with Gasteiger partial charge in [0.1, 0.15) is 0 Å². The SMILES string of the molecule is CC(CNC(=O)CCC(C)C1CCC2C3C(CC[C@]12C)[C@@]1(C)CC[C@@H](O)C[C@H]1C[C@@H]3O)C(=O)O. The summed E-state index contributed by atoms with van der Waals surface area (Å²) in [4.78, 5) is 23.3. The lowest BCUT2D eigenvalue weighted by molar-refractivity contribution is -0.174. The molecule has 6 unspecified atom stereocenters. The van der Waals surface area contributed by atoms with Crippen LogP contribution in [0.15, 0.2) is 0 Å². The number of hydrogen-bond donors (Lipinski definition) is 4. The highest BCUT2D eigenvalue weighted by atomic mass is 16.4. The Morgan fingerprint density at radius 3 is 2.35 bits per heavy atom. The van der Waals surface area contributed by atoms with Crippen molar-refractivity contribution in [2.24, 2.45) is 52.3 Å². The quantitative estimate of drug-likeness (QED) is 0.439. The Morgan fingerprint density at radius 1 is 0.971 bits per heavy atom. The summed E-state index contributed by atoms with van der Waals surface area (Å²) in [6, 6.07) is 0. The number of fused-ring (bicyclic) bond motifs is 5. The molecule has 0 spiro atoms. The number of nitrogens with one attached hydrogen (secondary N) is 1. The Bertz CT molecular complexity index is 772. The van der Waals surface area contributed by atoms with Crippen LogP contribution in [0.5, 0.6) is 0 Å². The Labute approximate surface area is 205 Å². The van der Waals surface area contributed by atoms with E-state index < -0.39 is 11.9 Å². The molecule has 0 aromatic rings. The van der Waals surface area contributed by atoms with Crippen LogP contribution in [0.2, 0.25) is 0 Å². The van der Waals surface area contributed by atoms with Crippen LogP contribution in [0.4, 0.5) is 0 Å². The van der Waals surface area contributed by atoms with Crippen LogP contribution in [0.25, 0.3) is 0 Å². The molecule has 4 saturated carbocycles. The van der Waals surface area contributed by atoms with E-state index in [0.29, 0.717) is 41.9 Å². The predicted octanol–water partition coefficient (Wildman–Crippen LogP) is 4.23. The first-order chi connectivity index (χ1) is 16.0. The number of aliphatic hydroxyl groups is 2. The van der Waals surface area contributed by atoms with Gasteiger partial charge in [-0.1, -0.05) is 27.7 Å². The van der Waals surface area contributed by atoms with E-state index in [2.05, 4.69) is 26.1 Å². The molecule has 4 aliphatic carbocycles. The van der Waals surface area contributed by atoms with Crippen molar-refractivity contribution < 1.29 is 24.9 Å². The number of carbonyl (C=O) groups is 2. The number of carboxylic acid groups (broad SMARTS) is 1. The summed E-state index contributed by atoms with van der Waals surface area (Å²) in [6.45, 7) is 8.99. The van der Waals surface area contributed by atoms with Crippen molar-refractivity contribution >= 4 is 11.9 Å². The average molecular weight is 478 g/mol. The molecule has 4 fully saturated rings. The monoisotopic (exact) mass is 477 g/mol. The van der Waals surface area contributed by atoms with Crippen LogP contribution < -0.4 is 5.32 Å². The minimum Gasteiger partial charge on any atom is -0.481 e. The van der Waals surface area contributed by atoms with E-state index in [1.807, 2.05) is 0 Å². The maximum atomic E-state index is 12.3. The third-order valence-corrected chi connectivity index (χ3v) is 11.3. The zero-order valence-corrected chi connectivity index (χ0v) is 21.6. The van der Waals surface area contributed by atoms with Gasteiger partial charge in [0.05, 0.1) is 18.1 Å². The van der Waals surface area contributed by atoms with Gasteiger partial charge < -0.3 is 20.6 Å². The van der Waals surface area contributed by atoms with Crippen molar-refractivity contribution in [3.05, 3.63) is 0 Å². The molecular formula is C28H47NO5. The Balaban J connectivity index is 1.39. The Morgan fingerprint density at radius 2 is 1.65 bits per heavy atom. The fourth-order valence-electron chi connectivity index (χ4n) is 9.18. The lowest BCUT2D eigenvalue weighted by Gasteiger charge is -2.62. The zero-order chi connectivity index (χ0) is 24.8. The number of aliphatic hydroxyl groups excluding tert-OH is 2. The second kappa shape index (κ2) is 9.72. The minimum atomic E-state index is -0.885. The van der Waals surface area contributed by atoms with Crippen LogP contribution in [-0.2, 0) is 9.59 Å². The highest BCUT2D eigenvalue weighted by Crippen LogP contribution is 2.68. The normalized spacial score (nSPS) is 45.4. The molecule has 4 aliphatic rings. The number of carbonyl (C=O) groups excluding carboxylic acids is 1. The molecular weight excluding hydrogens is 430 g/mol. The fourth-order valence-corrected chi connectivity index (χ4v) is 9.18. The van der Waals surface area contributed by atoms with Gasteiger partial charge in [-0.05, 0) is 104 Å². The fraction of sp³-hybridized carbons (Fsp3) is 0.929. The van der Waals surface area contributed by atoms with Gasteiger partial charge in [-0.15, -0.1) is 0 Å². The molecule has 0 saturated heterocycles. The van der Waals surface area contributed by atoms with Gasteiger partial charge >= 0.3 is 5.97 Å². The second-order valence-electron chi connectivity index (χ2n) is 13.0. The molecule has 11 atom stereocenters. The highest BCUT2D eigenvalue weighted by molar-refractivity contribution is 5.77. The van der Waals surface area contributed by atoms with Crippen LogP contribution in [-0.4, -0.2) is 45.9 Å². The van der Waals surface area contributed by atoms with E-state index in [4.69, 9.17) is 5.11 Å². The summed E-state index contributed by atoms with van der Waals surface area (Å²) < 4.78 is 0. The third-order valence-electron chi connectivity index (χ3n) is 11.3. The molecule has 0 radical (unpaired) electrons. The largest absolute Gasteiger partial charge is 0.481 e. The molecule has 0 aromatic carbocycles. The lowest BCUT2D eigenvalue weighted by Crippen LogP contribution is -2.58. The average Bonchev–Trinajstić information content (AvgIpc) is 3.14. The molecule has 1 amide bonds. The summed E-state index contributed by atoms with van der Waals surface area (Å²) in [6.07, 6.45) is 9.24. The number of rotatable bonds is 7. The topological polar surface area (TPSA) is 107 Å². The number of aliphatic carboxylic acids is 1. The summed E-state index contributed by atoms with van der Waals surface area (Å²) in [5, 5.41) is 33.4. The highest BCUT2D eigenvalue weighted by Gasteiger charge is 2.62. The summed E-state index contributed by atoms with van der Waals surface area (Å²) >= 11 is 0. The van der Waals surface area contributed by atoms with Gasteiger partial charge in [-0.3, -0.25) is 9.59 Å². The second-order valence-corrected chi connectivity index (χ2v) is 13.0. The number of carboxylic acids is 1. The molecule has 0 bridgehead atoms. The molecule has 194 valence electrons. The van der Waals surface area contributed by atoms with Crippen LogP contribution in [0.3, 0.4) is 0 Å². The van der Waals surface area contributed by atoms with Crippen LogP contribution in [0.1, 0.15) is 91.9 Å². The molecule has 4 rings (SSSR count). The van der Waals surface area contributed by atoms with Crippen LogP contribution >= 0.6 is 0 Å². The Kier molecular flexibility index (Phi) is 7.42. The molecule has 0 aliphatic heterocycles. The Hall–Kier alpha value is -1.14. The molecule has 4 N–H and O–H groups in total. The minimum absolute atomic E-state index is 0.0514. The molecule has 0 heterocycles. The predicted molar refractivity (Wildman–Crippen MR) is 131 cm³/mol. The van der Waals surface area contributed by atoms with Gasteiger partial charge in [0, 0.05) is 13.0 Å². The molecule has 6 nitrogen and oxygen atoms in total. The van der Waals surface area contributed by atoms with Gasteiger partial charge in [-0.2, -0.15) is 0 Å². The molecule has 0 aromatic heterocycles. The van der Waals surface area contributed by atoms with Crippen molar-refractivity contribution in [1.82, 2.24) is 5.32 Å². The first kappa shape index (κ1) is 25.9. The van der Waals surface area contributed by atoms with E-state index in [-0.39, 0.29) is 35.5 Å². The van der Waals surface area contributed by atoms with Crippen molar-refractivity contribution in [3.8, 4) is 0 Å². The lowest BCUT2D eigenvalue weighted by atomic mass is 9.43. The zero-order valence-electron chi connectivity index (χ0n) is 21.6. The summed E-state index contributed by atoms with van der Waals surface area (Å²) in [7, 11) is 0. The van der Waals surface area contributed by atoms with E-state index in [0.717, 1.165) is 32.1 Å². The van der Waals surface area contributed by atoms with Crippen molar-refractivity contribution in [3.63, 3.8) is 0 Å². The van der Waals surface area contributed by atoms with Crippen molar-refractivity contribution in [2.75, 3.05) is 6.54 Å². The number of amides is 1. The van der Waals surface area contributed by atoms with Crippen molar-refractivity contribution in [2.45, 2.75) is 104 Å². The third kappa shape index (κ3) is 4.54. The number of hydrogen-bond acceptors (Lipinski definition) is 4.